The van der Waals surface area contributed by atoms with Gasteiger partial charge in [-0.3, -0.25) is 9.69 Å². The Bertz CT molecular complexity index is 552. The number of nitrogens with zero attached hydrogens (tertiary/aromatic N) is 2. The highest BCUT2D eigenvalue weighted by Gasteiger charge is 2.39. The molecule has 1 aliphatic heterocycles. The topological polar surface area (TPSA) is 70.1 Å². The lowest BCUT2D eigenvalue weighted by atomic mass is 10.0. The molecule has 1 aromatic carbocycles. The number of carboxylic acids is 1. The van der Waals surface area contributed by atoms with Crippen LogP contribution < -0.4 is 4.90 Å². The quantitative estimate of drug-likeness (QED) is 0.915. The van der Waals surface area contributed by atoms with Gasteiger partial charge in [-0.1, -0.05) is 12.1 Å². The number of hydrogen-bond donors (Lipinski definition) is 1. The maximum absolute atomic E-state index is 13.7. The third-order valence-corrected chi connectivity index (χ3v) is 3.67. The molecule has 0 aromatic heterocycles. The summed E-state index contributed by atoms with van der Waals surface area (Å²) in [7, 11) is 2.94. The van der Waals surface area contributed by atoms with E-state index in [0.29, 0.717) is 0 Å². The van der Waals surface area contributed by atoms with Crippen molar-refractivity contribution in [3.63, 3.8) is 0 Å². The van der Waals surface area contributed by atoms with Crippen molar-refractivity contribution in [1.82, 2.24) is 4.90 Å². The van der Waals surface area contributed by atoms with Crippen LogP contribution >= 0.6 is 0 Å². The second-order valence-corrected chi connectivity index (χ2v) is 4.95. The number of benzene rings is 1. The van der Waals surface area contributed by atoms with Gasteiger partial charge in [0.15, 0.2) is 0 Å². The molecule has 21 heavy (non-hydrogen) atoms. The van der Waals surface area contributed by atoms with E-state index in [2.05, 4.69) is 0 Å². The summed E-state index contributed by atoms with van der Waals surface area (Å²) in [6.07, 6.45) is 0. The fourth-order valence-corrected chi connectivity index (χ4v) is 2.37. The minimum absolute atomic E-state index is 0.0705. The van der Waals surface area contributed by atoms with Crippen molar-refractivity contribution in [3.05, 3.63) is 30.1 Å². The Hall–Kier alpha value is -2.15. The van der Waals surface area contributed by atoms with Gasteiger partial charge >= 0.3 is 12.0 Å². The molecule has 2 rings (SSSR count). The first-order chi connectivity index (χ1) is 9.93. The van der Waals surface area contributed by atoms with E-state index in [9.17, 15) is 14.0 Å². The Labute approximate surface area is 121 Å². The van der Waals surface area contributed by atoms with E-state index in [1.165, 1.54) is 37.2 Å². The van der Waals surface area contributed by atoms with Gasteiger partial charge in [-0.15, -0.1) is 0 Å². The maximum Gasteiger partial charge on any atom is 0.324 e. The molecule has 0 bridgehead atoms. The third-order valence-electron chi connectivity index (χ3n) is 3.67. The van der Waals surface area contributed by atoms with E-state index in [1.807, 2.05) is 0 Å². The van der Waals surface area contributed by atoms with Crippen molar-refractivity contribution in [2.45, 2.75) is 6.04 Å². The number of anilines is 1. The zero-order valence-corrected chi connectivity index (χ0v) is 11.8. The highest BCUT2D eigenvalue weighted by atomic mass is 19.1. The van der Waals surface area contributed by atoms with Gasteiger partial charge in [-0.2, -0.15) is 0 Å². The second kappa shape index (κ2) is 6.09. The molecule has 1 aromatic rings. The largest absolute Gasteiger partial charge is 0.481 e. The first-order valence-electron chi connectivity index (χ1n) is 6.49. The van der Waals surface area contributed by atoms with Gasteiger partial charge in [0.1, 0.15) is 11.7 Å². The van der Waals surface area contributed by atoms with Crippen LogP contribution in [0, 0.1) is 11.7 Å². The highest BCUT2D eigenvalue weighted by Crippen LogP contribution is 2.23. The molecule has 2 amide bonds. The summed E-state index contributed by atoms with van der Waals surface area (Å²) in [5.41, 5.74) is 0.139. The Morgan fingerprint density at radius 1 is 1.29 bits per heavy atom. The summed E-state index contributed by atoms with van der Waals surface area (Å²) in [5, 5.41) is 9.12. The molecule has 0 radical (unpaired) electrons. The number of likely N-dealkylation sites (N-methyl/N-ethyl adjacent to an activating group) is 1. The molecule has 2 atom stereocenters. The van der Waals surface area contributed by atoms with E-state index in [1.54, 1.807) is 6.07 Å². The number of aliphatic carboxylic acids is 1. The molecule has 0 spiro atoms. The number of rotatable bonds is 3. The molecule has 1 fully saturated rings. The average Bonchev–Trinajstić information content (AvgIpc) is 2.95. The Morgan fingerprint density at radius 2 is 1.95 bits per heavy atom. The van der Waals surface area contributed by atoms with Crippen LogP contribution in [0.15, 0.2) is 24.3 Å². The summed E-state index contributed by atoms with van der Waals surface area (Å²) in [4.78, 5) is 26.0. The highest BCUT2D eigenvalue weighted by molar-refractivity contribution is 5.92. The van der Waals surface area contributed by atoms with Crippen LogP contribution in [0.1, 0.15) is 0 Å². The Morgan fingerprint density at radius 3 is 2.57 bits per heavy atom. The predicted octanol–water partition coefficient (Wildman–Crippen LogP) is 1.41. The zero-order chi connectivity index (χ0) is 15.6. The normalized spacial score (nSPS) is 21.1. The number of hydrogen-bond acceptors (Lipinski definition) is 3. The molecule has 7 heteroatoms. The van der Waals surface area contributed by atoms with Crippen molar-refractivity contribution in [2.24, 2.45) is 5.92 Å². The average molecular weight is 296 g/mol. The minimum Gasteiger partial charge on any atom is -0.481 e. The van der Waals surface area contributed by atoms with Gasteiger partial charge in [0.05, 0.1) is 24.9 Å². The van der Waals surface area contributed by atoms with Gasteiger partial charge in [0.25, 0.3) is 0 Å². The Kier molecular flexibility index (Phi) is 4.42. The van der Waals surface area contributed by atoms with E-state index < -0.39 is 29.8 Å². The van der Waals surface area contributed by atoms with Crippen LogP contribution in [-0.4, -0.2) is 55.4 Å². The standard InChI is InChI=1S/C14H17FN2O4/c1-16(11-6-4-3-5-10(11)15)14(20)17(2)12-8-21-7-9(12)13(18)19/h3-6,9,12H,7-8H2,1-2H3,(H,18,19). The van der Waals surface area contributed by atoms with E-state index >= 15 is 0 Å². The van der Waals surface area contributed by atoms with Crippen LogP contribution in [0.4, 0.5) is 14.9 Å². The summed E-state index contributed by atoms with van der Waals surface area (Å²) in [6, 6.07) is 4.86. The molecule has 0 saturated carbocycles. The SMILES string of the molecule is CN(C(=O)N(C)C1COCC1C(=O)O)c1ccccc1F. The lowest BCUT2D eigenvalue weighted by molar-refractivity contribution is -0.142. The van der Waals surface area contributed by atoms with Crippen molar-refractivity contribution in [3.8, 4) is 0 Å². The smallest absolute Gasteiger partial charge is 0.324 e. The summed E-state index contributed by atoms with van der Waals surface area (Å²) < 4.78 is 18.9. The fourth-order valence-electron chi connectivity index (χ4n) is 2.37. The van der Waals surface area contributed by atoms with E-state index in [-0.39, 0.29) is 18.9 Å². The molecule has 1 N–H and O–H groups in total. The van der Waals surface area contributed by atoms with Gasteiger partial charge in [0, 0.05) is 14.1 Å². The van der Waals surface area contributed by atoms with Crippen LogP contribution in [-0.2, 0) is 9.53 Å². The van der Waals surface area contributed by atoms with Crippen LogP contribution in [0.3, 0.4) is 0 Å². The molecule has 1 saturated heterocycles. The number of carbonyl (C=O) groups excluding carboxylic acids is 1. The lowest BCUT2D eigenvalue weighted by Crippen LogP contribution is -2.49. The van der Waals surface area contributed by atoms with E-state index in [0.717, 1.165) is 4.90 Å². The first-order valence-corrected chi connectivity index (χ1v) is 6.49. The Balaban J connectivity index is 2.16. The number of carbonyl (C=O) groups is 2. The first kappa shape index (κ1) is 15.2. The lowest BCUT2D eigenvalue weighted by Gasteiger charge is -2.30. The molecule has 1 aliphatic rings. The van der Waals surface area contributed by atoms with Crippen molar-refractivity contribution >= 4 is 17.7 Å². The second-order valence-electron chi connectivity index (χ2n) is 4.95. The number of urea groups is 1. The molecular weight excluding hydrogens is 279 g/mol. The number of amides is 2. The summed E-state index contributed by atoms with van der Waals surface area (Å²) >= 11 is 0. The molecule has 0 aliphatic carbocycles. The number of para-hydroxylation sites is 1. The molecule has 114 valence electrons. The van der Waals surface area contributed by atoms with Gasteiger partial charge < -0.3 is 14.7 Å². The number of carboxylic acid groups (broad SMARTS) is 1. The van der Waals surface area contributed by atoms with Gasteiger partial charge in [0.2, 0.25) is 0 Å². The van der Waals surface area contributed by atoms with E-state index in [4.69, 9.17) is 9.84 Å². The zero-order valence-electron chi connectivity index (χ0n) is 11.8. The summed E-state index contributed by atoms with van der Waals surface area (Å²) in [6.45, 7) is 0.228. The third kappa shape index (κ3) is 2.97. The minimum atomic E-state index is -1.01. The summed E-state index contributed by atoms with van der Waals surface area (Å²) in [5.74, 6) is -2.29. The van der Waals surface area contributed by atoms with Crippen molar-refractivity contribution in [2.75, 3.05) is 32.2 Å². The number of ether oxygens (including phenoxy) is 1. The van der Waals surface area contributed by atoms with Gasteiger partial charge in [-0.05, 0) is 12.1 Å². The fraction of sp³-hybridized carbons (Fsp3) is 0.429. The van der Waals surface area contributed by atoms with Crippen LogP contribution in [0.5, 0.6) is 0 Å². The maximum atomic E-state index is 13.7. The van der Waals surface area contributed by atoms with Crippen LogP contribution in [0.2, 0.25) is 0 Å². The van der Waals surface area contributed by atoms with Crippen LogP contribution in [0.25, 0.3) is 0 Å². The predicted molar refractivity (Wildman–Crippen MR) is 73.7 cm³/mol. The van der Waals surface area contributed by atoms with Crippen molar-refractivity contribution < 1.29 is 23.8 Å². The van der Waals surface area contributed by atoms with Gasteiger partial charge in [-0.25, -0.2) is 9.18 Å². The molecule has 6 nitrogen and oxygen atoms in total. The molecule has 1 heterocycles. The van der Waals surface area contributed by atoms with Crippen molar-refractivity contribution in [1.29, 1.82) is 0 Å². The molecular formula is C14H17FN2O4. The molecule has 2 unspecified atom stereocenters. The monoisotopic (exact) mass is 296 g/mol. The number of halogens is 1.